The van der Waals surface area contributed by atoms with Crippen LogP contribution in [0.2, 0.25) is 0 Å². The zero-order valence-electron chi connectivity index (χ0n) is 9.99. The summed E-state index contributed by atoms with van der Waals surface area (Å²) in [7, 11) is 3.40. The summed E-state index contributed by atoms with van der Waals surface area (Å²) in [6, 6.07) is 8.31. The molecule has 2 aromatic rings. The van der Waals surface area contributed by atoms with Crippen molar-refractivity contribution >= 4 is 10.9 Å². The van der Waals surface area contributed by atoms with Gasteiger partial charge in [-0.1, -0.05) is 18.2 Å². The second-order valence-electron chi connectivity index (χ2n) is 4.26. The number of H-pyrrole nitrogens is 1. The fraction of sp³-hybridized carbons (Fsp3) is 0.357. The number of methoxy groups -OCH3 is 2. The number of ether oxygens (including phenoxy) is 2. The van der Waals surface area contributed by atoms with Crippen molar-refractivity contribution in [2.45, 2.75) is 18.6 Å². The maximum Gasteiger partial charge on any atom is 0.124 e. The Bertz CT molecular complexity index is 532. The van der Waals surface area contributed by atoms with Crippen molar-refractivity contribution in [1.29, 1.82) is 0 Å². The Hall–Kier alpha value is -1.32. The van der Waals surface area contributed by atoms with Gasteiger partial charge in [0.15, 0.2) is 0 Å². The summed E-state index contributed by atoms with van der Waals surface area (Å²) in [6.07, 6.45) is 3.96. The summed E-state index contributed by atoms with van der Waals surface area (Å²) in [6.45, 7) is 0. The van der Waals surface area contributed by atoms with Crippen molar-refractivity contribution in [3.05, 3.63) is 41.9 Å². The van der Waals surface area contributed by atoms with Crippen molar-refractivity contribution in [3.63, 3.8) is 0 Å². The van der Waals surface area contributed by atoms with Crippen LogP contribution in [-0.4, -0.2) is 25.3 Å². The molecule has 3 heteroatoms. The lowest BCUT2D eigenvalue weighted by Gasteiger charge is -2.28. The lowest BCUT2D eigenvalue weighted by Crippen LogP contribution is -2.28. The quantitative estimate of drug-likeness (QED) is 0.858. The molecule has 88 valence electrons. The smallest absolute Gasteiger partial charge is 0.124 e. The van der Waals surface area contributed by atoms with Gasteiger partial charge in [0, 0.05) is 31.5 Å². The van der Waals surface area contributed by atoms with E-state index in [2.05, 4.69) is 29.6 Å². The highest BCUT2D eigenvalue weighted by molar-refractivity contribution is 5.85. The second kappa shape index (κ2) is 4.17. The summed E-state index contributed by atoms with van der Waals surface area (Å²) < 4.78 is 10.9. The topological polar surface area (TPSA) is 34.2 Å². The van der Waals surface area contributed by atoms with Gasteiger partial charge in [-0.3, -0.25) is 0 Å². The average Bonchev–Trinajstić information content (AvgIpc) is 2.75. The Morgan fingerprint density at radius 1 is 1.24 bits per heavy atom. The van der Waals surface area contributed by atoms with Crippen molar-refractivity contribution in [2.24, 2.45) is 0 Å². The molecule has 1 N–H and O–H groups in total. The van der Waals surface area contributed by atoms with Crippen LogP contribution in [-0.2, 0) is 15.9 Å². The lowest BCUT2D eigenvalue weighted by atomic mass is 9.91. The molecule has 0 fully saturated rings. The molecule has 1 aliphatic rings. The van der Waals surface area contributed by atoms with Crippen LogP contribution in [0, 0.1) is 6.42 Å². The van der Waals surface area contributed by atoms with E-state index < -0.39 is 0 Å². The number of rotatable bonds is 2. The highest BCUT2D eigenvalue weighted by atomic mass is 16.5. The van der Waals surface area contributed by atoms with Gasteiger partial charge in [0.25, 0.3) is 0 Å². The van der Waals surface area contributed by atoms with Crippen LogP contribution in [0.5, 0.6) is 0 Å². The van der Waals surface area contributed by atoms with E-state index in [1.807, 2.05) is 6.07 Å². The van der Waals surface area contributed by atoms with Crippen LogP contribution >= 0.6 is 0 Å². The molecule has 0 amide bonds. The first-order valence-corrected chi connectivity index (χ1v) is 5.73. The summed E-state index contributed by atoms with van der Waals surface area (Å²) in [5.41, 5.74) is 3.55. The number of nitrogens with one attached hydrogen (secondary N) is 1. The van der Waals surface area contributed by atoms with Crippen LogP contribution in [0.4, 0.5) is 0 Å². The Labute approximate surface area is 101 Å². The molecule has 1 heterocycles. The number of benzene rings is 1. The van der Waals surface area contributed by atoms with Gasteiger partial charge in [0.2, 0.25) is 0 Å². The van der Waals surface area contributed by atoms with Crippen LogP contribution in [0.1, 0.15) is 17.4 Å². The zero-order chi connectivity index (χ0) is 11.8. The Kier molecular flexibility index (Phi) is 2.65. The standard InChI is InChI=1S/C14H15NO2/c1-16-12-8-7-10-9-5-3-4-6-11(9)15-13(10)14(12)17-2/h3-6,12,14-15H,7H2,1-2H3. The Morgan fingerprint density at radius 3 is 2.82 bits per heavy atom. The molecule has 2 radical (unpaired) electrons. The fourth-order valence-electron chi connectivity index (χ4n) is 2.56. The van der Waals surface area contributed by atoms with Crippen molar-refractivity contribution in [3.8, 4) is 0 Å². The molecule has 1 aliphatic carbocycles. The first kappa shape index (κ1) is 10.8. The molecule has 17 heavy (non-hydrogen) atoms. The minimum Gasteiger partial charge on any atom is -0.378 e. The summed E-state index contributed by atoms with van der Waals surface area (Å²) >= 11 is 0. The van der Waals surface area contributed by atoms with E-state index in [1.54, 1.807) is 14.2 Å². The molecule has 1 aromatic carbocycles. The highest BCUT2D eigenvalue weighted by Gasteiger charge is 2.32. The first-order chi connectivity index (χ1) is 8.35. The molecule has 0 bridgehead atoms. The Morgan fingerprint density at radius 2 is 2.06 bits per heavy atom. The van der Waals surface area contributed by atoms with E-state index in [4.69, 9.17) is 9.47 Å². The number of aromatic nitrogens is 1. The molecular weight excluding hydrogens is 214 g/mol. The van der Waals surface area contributed by atoms with Gasteiger partial charge in [-0.15, -0.1) is 0 Å². The zero-order valence-corrected chi connectivity index (χ0v) is 9.99. The van der Waals surface area contributed by atoms with E-state index >= 15 is 0 Å². The maximum atomic E-state index is 5.53. The van der Waals surface area contributed by atoms with Gasteiger partial charge < -0.3 is 14.5 Å². The molecule has 0 spiro atoms. The van der Waals surface area contributed by atoms with Crippen molar-refractivity contribution in [2.75, 3.05) is 14.2 Å². The lowest BCUT2D eigenvalue weighted by molar-refractivity contribution is -0.0278. The SMILES string of the molecule is COC1[C]Cc2c([nH]c3ccccc23)C1OC. The number of hydrogen-bond acceptors (Lipinski definition) is 2. The van der Waals surface area contributed by atoms with Gasteiger partial charge in [-0.05, 0) is 18.1 Å². The van der Waals surface area contributed by atoms with E-state index in [0.29, 0.717) is 0 Å². The summed E-state index contributed by atoms with van der Waals surface area (Å²) in [4.78, 5) is 3.44. The number of para-hydroxylation sites is 1. The van der Waals surface area contributed by atoms with Crippen LogP contribution in [0.15, 0.2) is 24.3 Å². The van der Waals surface area contributed by atoms with Crippen LogP contribution in [0.3, 0.4) is 0 Å². The average molecular weight is 229 g/mol. The second-order valence-corrected chi connectivity index (χ2v) is 4.26. The molecule has 1 aromatic heterocycles. The molecule has 0 aliphatic heterocycles. The highest BCUT2D eigenvalue weighted by Crippen LogP contribution is 2.37. The third-order valence-electron chi connectivity index (χ3n) is 3.39. The predicted molar refractivity (Wildman–Crippen MR) is 65.8 cm³/mol. The largest absolute Gasteiger partial charge is 0.378 e. The summed E-state index contributed by atoms with van der Waals surface area (Å²) in [5.74, 6) is 0. The third-order valence-corrected chi connectivity index (χ3v) is 3.39. The normalized spacial score (nSPS) is 23.9. The molecule has 2 atom stereocenters. The maximum absolute atomic E-state index is 5.53. The first-order valence-electron chi connectivity index (χ1n) is 5.73. The van der Waals surface area contributed by atoms with Crippen LogP contribution in [0.25, 0.3) is 10.9 Å². The van der Waals surface area contributed by atoms with E-state index in [0.717, 1.165) is 17.6 Å². The van der Waals surface area contributed by atoms with E-state index in [-0.39, 0.29) is 12.2 Å². The van der Waals surface area contributed by atoms with Crippen molar-refractivity contribution < 1.29 is 9.47 Å². The van der Waals surface area contributed by atoms with E-state index in [9.17, 15) is 0 Å². The minimum atomic E-state index is -0.0967. The fourth-order valence-corrected chi connectivity index (χ4v) is 2.56. The van der Waals surface area contributed by atoms with Gasteiger partial charge >= 0.3 is 0 Å². The van der Waals surface area contributed by atoms with Gasteiger partial charge in [-0.2, -0.15) is 0 Å². The molecular formula is C14H15NO2. The number of aromatic amines is 1. The number of fused-ring (bicyclic) bond motifs is 3. The minimum absolute atomic E-state index is 0.0869. The van der Waals surface area contributed by atoms with Gasteiger partial charge in [0.05, 0.1) is 11.8 Å². The Balaban J connectivity index is 2.16. The molecule has 3 rings (SSSR count). The number of hydrogen-bond donors (Lipinski definition) is 1. The van der Waals surface area contributed by atoms with Crippen LogP contribution < -0.4 is 0 Å². The van der Waals surface area contributed by atoms with E-state index in [1.165, 1.54) is 10.9 Å². The van der Waals surface area contributed by atoms with Crippen molar-refractivity contribution in [1.82, 2.24) is 4.98 Å². The molecule has 2 unspecified atom stereocenters. The molecule has 3 nitrogen and oxygen atoms in total. The third kappa shape index (κ3) is 1.58. The van der Waals surface area contributed by atoms with Gasteiger partial charge in [0.1, 0.15) is 6.10 Å². The molecule has 0 saturated heterocycles. The monoisotopic (exact) mass is 229 g/mol. The predicted octanol–water partition coefficient (Wildman–Crippen LogP) is 2.51. The molecule has 0 saturated carbocycles. The van der Waals surface area contributed by atoms with Gasteiger partial charge in [-0.25, -0.2) is 0 Å². The summed E-state index contributed by atoms with van der Waals surface area (Å²) in [5, 5.41) is 1.26.